The molecule has 0 aliphatic rings. The van der Waals surface area contributed by atoms with Crippen LogP contribution in [0.4, 0.5) is 0 Å². The number of hydrogen-bond acceptors (Lipinski definition) is 4. The summed E-state index contributed by atoms with van der Waals surface area (Å²) < 4.78 is 0. The number of hydrogen-bond donors (Lipinski definition) is 1. The van der Waals surface area contributed by atoms with Crippen molar-refractivity contribution in [2.24, 2.45) is 0 Å². The number of amides is 1. The van der Waals surface area contributed by atoms with E-state index in [2.05, 4.69) is 20.3 Å². The molecule has 0 saturated heterocycles. The van der Waals surface area contributed by atoms with E-state index in [1.54, 1.807) is 19.4 Å². The van der Waals surface area contributed by atoms with E-state index in [1.807, 2.05) is 37.3 Å². The number of nitrogens with zero attached hydrogens (tertiary/aromatic N) is 3. The summed E-state index contributed by atoms with van der Waals surface area (Å²) in [6, 6.07) is 9.33. The van der Waals surface area contributed by atoms with Crippen molar-refractivity contribution in [2.45, 2.75) is 13.3 Å². The van der Waals surface area contributed by atoms with Gasteiger partial charge in [0.2, 0.25) is 0 Å². The van der Waals surface area contributed by atoms with Crippen molar-refractivity contribution in [2.75, 3.05) is 7.05 Å². The monoisotopic (exact) mass is 292 g/mol. The first-order chi connectivity index (χ1) is 10.8. The second-order valence-corrected chi connectivity index (χ2v) is 4.83. The Hall–Kier alpha value is -2.82. The van der Waals surface area contributed by atoms with Crippen molar-refractivity contribution >= 4 is 16.9 Å². The van der Waals surface area contributed by atoms with E-state index in [0.29, 0.717) is 17.5 Å². The van der Waals surface area contributed by atoms with Gasteiger partial charge in [0.1, 0.15) is 5.52 Å². The molecule has 0 atom stereocenters. The van der Waals surface area contributed by atoms with Crippen molar-refractivity contribution < 1.29 is 4.79 Å². The Kier molecular flexibility index (Phi) is 3.78. The number of rotatable bonds is 3. The molecular formula is C17H16N4O. The number of aromatic nitrogens is 3. The summed E-state index contributed by atoms with van der Waals surface area (Å²) in [7, 11) is 1.62. The number of nitrogens with one attached hydrogen (secondary N) is 1. The van der Waals surface area contributed by atoms with Crippen molar-refractivity contribution in [1.82, 2.24) is 20.3 Å². The zero-order chi connectivity index (χ0) is 15.5. The van der Waals surface area contributed by atoms with Gasteiger partial charge in [-0.15, -0.1) is 0 Å². The molecule has 3 aromatic heterocycles. The second-order valence-electron chi connectivity index (χ2n) is 4.83. The normalized spacial score (nSPS) is 10.6. The van der Waals surface area contributed by atoms with Gasteiger partial charge in [-0.1, -0.05) is 13.0 Å². The first kappa shape index (κ1) is 14.1. The molecule has 0 spiro atoms. The summed E-state index contributed by atoms with van der Waals surface area (Å²) in [5, 5.41) is 2.70. The maximum Gasteiger partial charge on any atom is 0.254 e. The minimum absolute atomic E-state index is 0.179. The van der Waals surface area contributed by atoms with Gasteiger partial charge in [0, 0.05) is 25.0 Å². The summed E-state index contributed by atoms with van der Waals surface area (Å²) in [6.07, 6.45) is 4.09. The van der Waals surface area contributed by atoms with Crippen LogP contribution in [-0.4, -0.2) is 27.9 Å². The van der Waals surface area contributed by atoms with Gasteiger partial charge in [0.05, 0.1) is 22.5 Å². The first-order valence-corrected chi connectivity index (χ1v) is 7.17. The molecule has 3 heterocycles. The molecule has 22 heavy (non-hydrogen) atoms. The van der Waals surface area contributed by atoms with Gasteiger partial charge in [-0.05, 0) is 30.7 Å². The van der Waals surface area contributed by atoms with Crippen LogP contribution >= 0.6 is 0 Å². The largest absolute Gasteiger partial charge is 0.355 e. The van der Waals surface area contributed by atoms with Crippen LogP contribution in [0.15, 0.2) is 42.7 Å². The fraction of sp³-hybridized carbons (Fsp3) is 0.176. The molecule has 0 saturated carbocycles. The SMILES string of the molecule is CCc1nc2cccnc2c(C(=O)NC)c1-c1ccccn1. The molecule has 0 radical (unpaired) electrons. The lowest BCUT2D eigenvalue weighted by Gasteiger charge is -2.14. The van der Waals surface area contributed by atoms with Crippen LogP contribution in [-0.2, 0) is 6.42 Å². The van der Waals surface area contributed by atoms with E-state index < -0.39 is 0 Å². The lowest BCUT2D eigenvalue weighted by molar-refractivity contribution is 0.0965. The second kappa shape index (κ2) is 5.89. The third-order valence-corrected chi connectivity index (χ3v) is 3.53. The van der Waals surface area contributed by atoms with Gasteiger partial charge in [0.15, 0.2) is 0 Å². The molecule has 0 unspecified atom stereocenters. The zero-order valence-corrected chi connectivity index (χ0v) is 12.5. The van der Waals surface area contributed by atoms with E-state index in [4.69, 9.17) is 0 Å². The highest BCUT2D eigenvalue weighted by molar-refractivity contribution is 6.10. The Balaban J connectivity index is 2.44. The Bertz CT molecular complexity index is 831. The highest BCUT2D eigenvalue weighted by atomic mass is 16.1. The molecule has 5 nitrogen and oxygen atoms in total. The average Bonchev–Trinajstić information content (AvgIpc) is 2.60. The number of fused-ring (bicyclic) bond motifs is 1. The summed E-state index contributed by atoms with van der Waals surface area (Å²) in [5.41, 5.74) is 4.19. The van der Waals surface area contributed by atoms with E-state index in [9.17, 15) is 4.79 Å². The quantitative estimate of drug-likeness (QED) is 0.805. The number of carbonyl (C=O) groups is 1. The first-order valence-electron chi connectivity index (χ1n) is 7.17. The minimum atomic E-state index is -0.179. The molecule has 5 heteroatoms. The third-order valence-electron chi connectivity index (χ3n) is 3.53. The summed E-state index contributed by atoms with van der Waals surface area (Å²) in [6.45, 7) is 2.02. The van der Waals surface area contributed by atoms with Crippen molar-refractivity contribution in [3.63, 3.8) is 0 Å². The van der Waals surface area contributed by atoms with Crippen molar-refractivity contribution in [3.8, 4) is 11.3 Å². The van der Waals surface area contributed by atoms with Crippen LogP contribution in [0.2, 0.25) is 0 Å². The van der Waals surface area contributed by atoms with E-state index >= 15 is 0 Å². The van der Waals surface area contributed by atoms with Gasteiger partial charge in [-0.2, -0.15) is 0 Å². The Morgan fingerprint density at radius 2 is 1.95 bits per heavy atom. The van der Waals surface area contributed by atoms with Crippen molar-refractivity contribution in [1.29, 1.82) is 0 Å². The fourth-order valence-electron chi connectivity index (χ4n) is 2.53. The van der Waals surface area contributed by atoms with Gasteiger partial charge < -0.3 is 5.32 Å². The smallest absolute Gasteiger partial charge is 0.254 e. The van der Waals surface area contributed by atoms with Gasteiger partial charge >= 0.3 is 0 Å². The maximum absolute atomic E-state index is 12.5. The van der Waals surface area contributed by atoms with Crippen molar-refractivity contribution in [3.05, 3.63) is 54.0 Å². The summed E-state index contributed by atoms with van der Waals surface area (Å²) in [5.74, 6) is -0.179. The van der Waals surface area contributed by atoms with E-state index in [1.165, 1.54) is 0 Å². The van der Waals surface area contributed by atoms with Crippen LogP contribution in [0.1, 0.15) is 23.0 Å². The maximum atomic E-state index is 12.5. The number of pyridine rings is 3. The highest BCUT2D eigenvalue weighted by Crippen LogP contribution is 2.30. The molecular weight excluding hydrogens is 276 g/mol. The minimum Gasteiger partial charge on any atom is -0.355 e. The predicted molar refractivity (Wildman–Crippen MR) is 85.5 cm³/mol. The predicted octanol–water partition coefficient (Wildman–Crippen LogP) is 2.61. The molecule has 0 aliphatic carbocycles. The number of aryl methyl sites for hydroxylation is 1. The summed E-state index contributed by atoms with van der Waals surface area (Å²) >= 11 is 0. The molecule has 110 valence electrons. The van der Waals surface area contributed by atoms with E-state index in [0.717, 1.165) is 22.5 Å². The number of carbonyl (C=O) groups excluding carboxylic acids is 1. The standard InChI is InChI=1S/C17H16N4O/c1-3-11-14(12-7-4-5-9-19-12)15(17(22)18-2)16-13(21-11)8-6-10-20-16/h4-10H,3H2,1-2H3,(H,18,22). The van der Waals surface area contributed by atoms with Gasteiger partial charge in [0.25, 0.3) is 5.91 Å². The molecule has 1 amide bonds. The average molecular weight is 292 g/mol. The van der Waals surface area contributed by atoms with Crippen LogP contribution < -0.4 is 5.32 Å². The summed E-state index contributed by atoms with van der Waals surface area (Å²) in [4.78, 5) is 25.9. The lowest BCUT2D eigenvalue weighted by Crippen LogP contribution is -2.21. The Morgan fingerprint density at radius 1 is 1.14 bits per heavy atom. The zero-order valence-electron chi connectivity index (χ0n) is 12.5. The highest BCUT2D eigenvalue weighted by Gasteiger charge is 2.21. The van der Waals surface area contributed by atoms with Crippen LogP contribution in [0, 0.1) is 0 Å². The molecule has 0 aromatic carbocycles. The van der Waals surface area contributed by atoms with Crippen LogP contribution in [0.3, 0.4) is 0 Å². The Morgan fingerprint density at radius 3 is 2.64 bits per heavy atom. The van der Waals surface area contributed by atoms with Crippen LogP contribution in [0.25, 0.3) is 22.3 Å². The van der Waals surface area contributed by atoms with Gasteiger partial charge in [-0.3, -0.25) is 19.7 Å². The molecule has 3 rings (SSSR count). The third kappa shape index (κ3) is 2.30. The topological polar surface area (TPSA) is 67.8 Å². The molecule has 1 N–H and O–H groups in total. The molecule has 0 fully saturated rings. The fourth-order valence-corrected chi connectivity index (χ4v) is 2.53. The molecule has 0 bridgehead atoms. The lowest BCUT2D eigenvalue weighted by atomic mass is 9.98. The molecule has 0 aliphatic heterocycles. The van der Waals surface area contributed by atoms with Crippen LogP contribution in [0.5, 0.6) is 0 Å². The Labute approximate surface area is 128 Å². The van der Waals surface area contributed by atoms with E-state index in [-0.39, 0.29) is 5.91 Å². The molecule has 3 aromatic rings. The van der Waals surface area contributed by atoms with Gasteiger partial charge in [-0.25, -0.2) is 0 Å².